The molecule has 2 nitrogen and oxygen atoms in total. The SMILES string of the molecule is FC(F)(F)COc1cc(OCC(F)(F)F)cc([P+]([CH-]Cl)(C2CCCCC2)C2CCCCC2)c1.[Pd]. The van der Waals surface area contributed by atoms with Gasteiger partial charge in [0.25, 0.3) is 0 Å². The van der Waals surface area contributed by atoms with Crippen LogP contribution in [0.1, 0.15) is 64.2 Å². The topological polar surface area (TPSA) is 18.5 Å². The minimum Gasteiger partial charge on any atom is -0.484 e. The Morgan fingerprint density at radius 2 is 1.12 bits per heavy atom. The van der Waals surface area contributed by atoms with Gasteiger partial charge in [0, 0.05) is 49.9 Å². The van der Waals surface area contributed by atoms with Gasteiger partial charge in [-0.05, 0) is 51.4 Å². The molecule has 2 fully saturated rings. The molecule has 0 heterocycles. The fourth-order valence-corrected chi connectivity index (χ4v) is 11.5. The van der Waals surface area contributed by atoms with E-state index < -0.39 is 32.8 Å². The van der Waals surface area contributed by atoms with Crippen molar-refractivity contribution in [2.45, 2.75) is 87.9 Å². The van der Waals surface area contributed by atoms with E-state index >= 15 is 0 Å². The van der Waals surface area contributed by atoms with Crippen molar-refractivity contribution in [2.75, 3.05) is 13.2 Å². The largest absolute Gasteiger partial charge is 0.484 e. The number of hydrogen-bond acceptors (Lipinski definition) is 2. The molecule has 0 N–H and O–H groups in total. The second-order valence-electron chi connectivity index (χ2n) is 8.99. The Morgan fingerprint density at radius 1 is 0.735 bits per heavy atom. The van der Waals surface area contributed by atoms with Gasteiger partial charge >= 0.3 is 12.4 Å². The van der Waals surface area contributed by atoms with Crippen LogP contribution in [-0.2, 0) is 20.4 Å². The summed E-state index contributed by atoms with van der Waals surface area (Å²) in [6, 6.07) is 4.22. The van der Waals surface area contributed by atoms with Crippen LogP contribution in [0.4, 0.5) is 26.3 Å². The maximum absolute atomic E-state index is 12.8. The molecule has 1 aromatic rings. The third kappa shape index (κ3) is 8.15. The minimum absolute atomic E-state index is 0. The fraction of sp³-hybridized carbons (Fsp3) is 0.696. The van der Waals surface area contributed by atoms with E-state index in [1.165, 1.54) is 0 Å². The van der Waals surface area contributed by atoms with Gasteiger partial charge in [0.05, 0.1) is 5.30 Å². The predicted octanol–water partition coefficient (Wildman–Crippen LogP) is 8.23. The van der Waals surface area contributed by atoms with E-state index in [4.69, 9.17) is 21.1 Å². The molecule has 0 aromatic heterocycles. The number of halogens is 7. The summed E-state index contributed by atoms with van der Waals surface area (Å²) in [7, 11) is -2.24. The molecule has 0 atom stereocenters. The second-order valence-corrected chi connectivity index (χ2v) is 13.4. The Labute approximate surface area is 216 Å². The van der Waals surface area contributed by atoms with Crippen molar-refractivity contribution < 1.29 is 56.2 Å². The molecular formula is C23H30ClF6O2PPd. The van der Waals surface area contributed by atoms with E-state index in [9.17, 15) is 26.3 Å². The molecule has 1 aromatic carbocycles. The van der Waals surface area contributed by atoms with Gasteiger partial charge < -0.3 is 21.1 Å². The first-order valence-electron chi connectivity index (χ1n) is 11.4. The number of rotatable bonds is 8. The molecule has 0 bridgehead atoms. The monoisotopic (exact) mass is 624 g/mol. The van der Waals surface area contributed by atoms with Crippen LogP contribution in [-0.4, -0.2) is 36.9 Å². The van der Waals surface area contributed by atoms with Crippen LogP contribution in [0.5, 0.6) is 11.5 Å². The van der Waals surface area contributed by atoms with Gasteiger partial charge in [-0.25, -0.2) is 0 Å². The third-order valence-corrected chi connectivity index (χ3v) is 12.5. The van der Waals surface area contributed by atoms with Gasteiger partial charge in [-0.2, -0.15) is 26.3 Å². The number of benzene rings is 1. The van der Waals surface area contributed by atoms with E-state index in [0.717, 1.165) is 70.3 Å². The molecule has 2 aliphatic rings. The van der Waals surface area contributed by atoms with Crippen LogP contribution in [0.15, 0.2) is 18.2 Å². The summed E-state index contributed by atoms with van der Waals surface area (Å²) >= 11 is 6.61. The van der Waals surface area contributed by atoms with Gasteiger partial charge in [-0.15, -0.1) is 0 Å². The number of ether oxygens (including phenoxy) is 2. The molecule has 198 valence electrons. The van der Waals surface area contributed by atoms with E-state index in [1.807, 2.05) is 0 Å². The molecule has 11 heteroatoms. The van der Waals surface area contributed by atoms with Crippen LogP contribution >= 0.6 is 18.9 Å². The molecular weight excluding hydrogens is 595 g/mol. The molecule has 0 saturated heterocycles. The molecule has 2 aliphatic carbocycles. The Bertz CT molecular complexity index is 711. The van der Waals surface area contributed by atoms with Gasteiger partial charge in [-0.3, -0.25) is 0 Å². The minimum atomic E-state index is -4.57. The summed E-state index contributed by atoms with van der Waals surface area (Å²) in [6.07, 6.45) is 1.13. The van der Waals surface area contributed by atoms with Crippen LogP contribution < -0.4 is 14.8 Å². The maximum atomic E-state index is 12.8. The number of hydrogen-bond donors (Lipinski definition) is 0. The Morgan fingerprint density at radius 3 is 1.44 bits per heavy atom. The van der Waals surface area contributed by atoms with Crippen LogP contribution in [0.2, 0.25) is 0 Å². The number of alkyl halides is 6. The quantitative estimate of drug-likeness (QED) is 0.126. The molecule has 0 spiro atoms. The van der Waals surface area contributed by atoms with Crippen molar-refractivity contribution in [3.63, 3.8) is 0 Å². The van der Waals surface area contributed by atoms with Crippen LogP contribution in [0.25, 0.3) is 0 Å². The molecule has 34 heavy (non-hydrogen) atoms. The first kappa shape index (κ1) is 30.0. The zero-order valence-electron chi connectivity index (χ0n) is 18.7. The Balaban J connectivity index is 0.00000408. The maximum Gasteiger partial charge on any atom is 0.422 e. The van der Waals surface area contributed by atoms with Crippen molar-refractivity contribution in [3.8, 4) is 11.5 Å². The third-order valence-electron chi connectivity index (χ3n) is 6.64. The summed E-state index contributed by atoms with van der Waals surface area (Å²) < 4.78 is 86.8. The zero-order chi connectivity index (χ0) is 24.1. The molecule has 3 rings (SSSR count). The molecule has 0 amide bonds. The van der Waals surface area contributed by atoms with E-state index in [0.29, 0.717) is 5.30 Å². The summed E-state index contributed by atoms with van der Waals surface area (Å²) in [6.45, 7) is -3.06. The standard InChI is InChI=1S/C23H30ClF6O2P.Pd/c24-16-33(19-7-3-1-4-8-19,20-9-5-2-6-10-20)21-12-17(31-14-22(25,26)27)11-18(13-21)32-15-23(28,29)30;/h11-13,16,19-20H,1-10,14-15H2;. The van der Waals surface area contributed by atoms with Crippen molar-refractivity contribution in [1.29, 1.82) is 0 Å². The van der Waals surface area contributed by atoms with Gasteiger partial charge in [0.15, 0.2) is 13.2 Å². The van der Waals surface area contributed by atoms with Gasteiger partial charge in [-0.1, -0.05) is 25.7 Å². The summed E-state index contributed by atoms with van der Waals surface area (Å²) in [5.74, 6) is -0.284. The average Bonchev–Trinajstić information content (AvgIpc) is 2.78. The first-order valence-corrected chi connectivity index (χ1v) is 13.8. The van der Waals surface area contributed by atoms with E-state index in [-0.39, 0.29) is 43.2 Å². The fourth-order valence-electron chi connectivity index (χ4n) is 5.23. The van der Waals surface area contributed by atoms with Gasteiger partial charge in [0.1, 0.15) is 11.5 Å². The predicted molar refractivity (Wildman–Crippen MR) is 120 cm³/mol. The van der Waals surface area contributed by atoms with Gasteiger partial charge in [0.2, 0.25) is 0 Å². The van der Waals surface area contributed by atoms with Crippen molar-refractivity contribution >= 4 is 24.2 Å². The van der Waals surface area contributed by atoms with E-state index in [1.54, 1.807) is 17.8 Å². The smallest absolute Gasteiger partial charge is 0.422 e. The summed E-state index contributed by atoms with van der Waals surface area (Å²) in [5.41, 5.74) is 2.26. The molecule has 0 unspecified atom stereocenters. The Hall–Kier alpha value is -0.218. The summed E-state index contributed by atoms with van der Waals surface area (Å²) in [4.78, 5) is 0. The average molecular weight is 625 g/mol. The van der Waals surface area contributed by atoms with Crippen molar-refractivity contribution in [3.05, 3.63) is 23.8 Å². The van der Waals surface area contributed by atoms with Crippen LogP contribution in [0, 0.1) is 5.62 Å². The van der Waals surface area contributed by atoms with Crippen molar-refractivity contribution in [1.82, 2.24) is 0 Å². The van der Waals surface area contributed by atoms with E-state index in [2.05, 4.69) is 0 Å². The second kappa shape index (κ2) is 12.8. The molecule has 0 radical (unpaired) electrons. The zero-order valence-corrected chi connectivity index (χ0v) is 21.9. The molecule has 2 saturated carbocycles. The summed E-state index contributed by atoms with van der Waals surface area (Å²) in [5, 5.41) is 0.688. The Kier molecular flexibility index (Phi) is 11.3. The van der Waals surface area contributed by atoms with Crippen LogP contribution in [0.3, 0.4) is 0 Å². The van der Waals surface area contributed by atoms with Crippen molar-refractivity contribution in [2.24, 2.45) is 0 Å². The molecule has 0 aliphatic heterocycles. The first-order chi connectivity index (χ1) is 15.5. The normalized spacial score (nSPS) is 18.9.